The van der Waals surface area contributed by atoms with Gasteiger partial charge in [0.2, 0.25) is 0 Å². The van der Waals surface area contributed by atoms with E-state index in [0.717, 1.165) is 15.2 Å². The number of H-pyrrole nitrogens is 2. The molecule has 35 nitrogen and oxygen atoms in total. The number of aromatic amines is 2. The van der Waals surface area contributed by atoms with Crippen molar-refractivity contribution in [2.75, 3.05) is 32.4 Å². The topological polar surface area (TPSA) is 460 Å². The number of halogens is 1. The van der Waals surface area contributed by atoms with Crippen LogP contribution in [0.2, 0.25) is 0 Å². The van der Waals surface area contributed by atoms with Crippen molar-refractivity contribution in [3.8, 4) is 17.2 Å². The first-order valence-corrected chi connectivity index (χ1v) is 37.5. The molecule has 9 N–H and O–H groups in total. The van der Waals surface area contributed by atoms with Gasteiger partial charge in [-0.1, -0.05) is 70.5 Å². The van der Waals surface area contributed by atoms with Crippen molar-refractivity contribution in [2.24, 2.45) is 0 Å². The van der Waals surface area contributed by atoms with Gasteiger partial charge in [-0.05, 0) is 103 Å². The average molecular weight is 1550 g/mol. The summed E-state index contributed by atoms with van der Waals surface area (Å²) in [5, 5.41) is 28.7. The second-order valence-corrected chi connectivity index (χ2v) is 29.3. The zero-order chi connectivity index (χ0) is 74.5. The fourth-order valence-corrected chi connectivity index (χ4v) is 14.6. The van der Waals surface area contributed by atoms with E-state index in [9.17, 15) is 57.5 Å². The van der Waals surface area contributed by atoms with E-state index in [1.807, 2.05) is 13.0 Å². The minimum Gasteiger partial charge on any atom is -0.468 e. The summed E-state index contributed by atoms with van der Waals surface area (Å²) in [6, 6.07) is 23.3. The Morgan fingerprint density at radius 2 is 1.15 bits per heavy atom. The molecule has 7 aromatic rings. The number of nitrogen functional groups attached to an aromatic ring is 1. The lowest BCUT2D eigenvalue weighted by Crippen LogP contribution is -2.37. The molecule has 6 heterocycles. The molecule has 102 heavy (non-hydrogen) atoms. The quantitative estimate of drug-likeness (QED) is 0.0136. The van der Waals surface area contributed by atoms with Crippen LogP contribution in [0, 0.1) is 0 Å². The zero-order valence-electron chi connectivity index (χ0n) is 56.8. The molecule has 0 bridgehead atoms. The zero-order valence-corrected chi connectivity index (χ0v) is 61.1. The van der Waals surface area contributed by atoms with Crippen LogP contribution in [0.5, 0.6) is 17.2 Å². The van der Waals surface area contributed by atoms with Gasteiger partial charge in [0.15, 0.2) is 11.5 Å². The highest BCUT2D eigenvalue weighted by molar-refractivity contribution is 9.11. The monoisotopic (exact) mass is 1550 g/mol. The van der Waals surface area contributed by atoms with E-state index >= 15 is 0 Å². The van der Waals surface area contributed by atoms with E-state index in [1.54, 1.807) is 130 Å². The van der Waals surface area contributed by atoms with E-state index in [0.29, 0.717) is 29.3 Å². The number of esters is 3. The molecule has 9 rings (SSSR count). The van der Waals surface area contributed by atoms with Gasteiger partial charge >= 0.3 is 52.3 Å². The lowest BCUT2D eigenvalue weighted by atomic mass is 10.2. The SMILES string of the molecule is CC(C)OC(=O)[C@H](C)NP(=O)(OC[C@H]1O[C@@H](n2ccc(=O)[nH]c2=O)C[C@@H]1O)Oc1ccccc1.CC(C)OC(=O)[C@H](C)N[P@@](=O)(CO[C@H](C)Cn1cnc2c(N)ncnc21)Oc1ccccc1.COC(=O)[C@H](C)NP(=O)(OC[C@H]1O[C@@H](n2cc(/C=C/Br)c(=O)[nH]c2=O)C[C@@H]1O)Oc1ccccc1. The van der Waals surface area contributed by atoms with Crippen LogP contribution in [0.15, 0.2) is 146 Å². The molecule has 13 atom stereocenters. The smallest absolute Gasteiger partial charge is 0.459 e. The normalized spacial score (nSPS) is 20.3. The van der Waals surface area contributed by atoms with Crippen LogP contribution in [-0.4, -0.2) is 154 Å². The highest BCUT2D eigenvalue weighted by Crippen LogP contribution is 2.48. The molecule has 554 valence electrons. The van der Waals surface area contributed by atoms with Gasteiger partial charge in [-0.25, -0.2) is 38.8 Å². The first kappa shape index (κ1) is 81.0. The second-order valence-electron chi connectivity index (χ2n) is 23.4. The molecule has 4 aromatic heterocycles. The number of methoxy groups -OCH3 is 1. The van der Waals surface area contributed by atoms with Crippen molar-refractivity contribution in [3.05, 3.63) is 174 Å². The molecule has 2 fully saturated rings. The van der Waals surface area contributed by atoms with Crippen molar-refractivity contribution in [3.63, 3.8) is 0 Å². The van der Waals surface area contributed by atoms with Crippen LogP contribution in [-0.2, 0) is 72.1 Å². The minimum atomic E-state index is -4.14. The summed E-state index contributed by atoms with van der Waals surface area (Å²) in [6.07, 6.45) is -0.177. The van der Waals surface area contributed by atoms with E-state index in [-0.39, 0.29) is 61.2 Å². The highest BCUT2D eigenvalue weighted by atomic mass is 79.9. The van der Waals surface area contributed by atoms with Crippen molar-refractivity contribution >= 4 is 79.9 Å². The fraction of sp³-hybridized carbons (Fsp3) is 0.429. The molecule has 2 unspecified atom stereocenters. The van der Waals surface area contributed by atoms with E-state index < -0.39 is 125 Å². The molecule has 0 radical (unpaired) electrons. The van der Waals surface area contributed by atoms with Gasteiger partial charge in [0, 0.05) is 31.3 Å². The third-order valence-electron chi connectivity index (χ3n) is 14.3. The molecule has 2 aliphatic rings. The summed E-state index contributed by atoms with van der Waals surface area (Å²) in [5.74, 6) is -0.733. The summed E-state index contributed by atoms with van der Waals surface area (Å²) in [7, 11) is -10.7. The molecule has 39 heteroatoms. The number of rotatable bonds is 31. The maximum absolute atomic E-state index is 13.6. The Morgan fingerprint density at radius 3 is 1.64 bits per heavy atom. The second kappa shape index (κ2) is 37.7. The number of carbonyl (C=O) groups excluding carboxylic acids is 3. The maximum Gasteiger partial charge on any atom is 0.459 e. The number of anilines is 1. The van der Waals surface area contributed by atoms with Gasteiger partial charge in [-0.3, -0.25) is 56.7 Å². The van der Waals surface area contributed by atoms with Crippen LogP contribution in [0.3, 0.4) is 0 Å². The van der Waals surface area contributed by atoms with Gasteiger partial charge in [0.05, 0.1) is 69.3 Å². The molecular weight excluding hydrogens is 1470 g/mol. The number of hydrogen-bond acceptors (Lipinski definition) is 27. The van der Waals surface area contributed by atoms with Crippen LogP contribution in [0.1, 0.15) is 86.3 Å². The molecule has 0 spiro atoms. The van der Waals surface area contributed by atoms with Crippen molar-refractivity contribution in [1.82, 2.24) is 53.9 Å². The molecule has 2 aliphatic heterocycles. The standard InChI is InChI=1S/C21H25BrN3O9P.C21H29N6O5P.C21H28N3O9P/c1-13(20(28)31-2)24-35(30,34-15-6-4-3-5-7-15)32-12-17-16(26)10-18(33-17)25-11-14(8-9-22)19(27)23-21(25)29;1-14(2)31-21(28)16(4)26-33(29,32-17-8-6-5-7-9-17)13-30-15(3)10-27-12-25-18-19(22)23-11-24-20(18)27;1-13(2)31-20(27)14(3)23-34(29,33-15-7-5-4-6-8-15)30-12-17-16(25)11-19(32-17)24-10-9-18(26)22-21(24)28/h3-9,11,13,16-18,26H,10,12H2,1-2H3,(H,24,30)(H,23,27,29);5-9,11-12,14-16H,10,13H2,1-4H3,(H,26,29)(H2,22,23,24);4-10,13-14,16-17,19,25H,11-12H2,1-3H3,(H,23,29)(H,22,26,28)/b9-8+;;/t13-,16-,17+,18+,35?;15-,16+,33-;14-,16-,17+,19+,34?/m010/s1. The number of aliphatic hydroxyl groups is 2. The third-order valence-corrected chi connectivity index (χ3v) is 19.7. The maximum atomic E-state index is 13.6. The number of nitrogens with one attached hydrogen (secondary N) is 5. The fourth-order valence-electron chi connectivity index (χ4n) is 9.49. The van der Waals surface area contributed by atoms with Crippen LogP contribution >= 0.6 is 38.9 Å². The number of fused-ring (bicyclic) bond motifs is 1. The number of aliphatic hydroxyl groups excluding tert-OH is 2. The molecule has 0 amide bonds. The van der Waals surface area contributed by atoms with Crippen molar-refractivity contribution < 1.29 is 89.3 Å². The Morgan fingerprint density at radius 1 is 0.667 bits per heavy atom. The Labute approximate surface area is 592 Å². The Bertz CT molecular complexity index is 4340. The van der Waals surface area contributed by atoms with Crippen LogP contribution in [0.25, 0.3) is 17.2 Å². The molecule has 0 saturated carbocycles. The Hall–Kier alpha value is -8.31. The van der Waals surface area contributed by atoms with Gasteiger partial charge in [0.1, 0.15) is 78.2 Å². The summed E-state index contributed by atoms with van der Waals surface area (Å²) < 4.78 is 105. The Balaban J connectivity index is 0.000000215. The summed E-state index contributed by atoms with van der Waals surface area (Å²) in [6.45, 7) is 12.7. The summed E-state index contributed by atoms with van der Waals surface area (Å²) >= 11 is 3.08. The number of nitrogens with two attached hydrogens (primary N) is 1. The van der Waals surface area contributed by atoms with Crippen molar-refractivity contribution in [2.45, 2.75) is 148 Å². The van der Waals surface area contributed by atoms with Crippen LogP contribution < -0.4 is 57.1 Å². The number of carbonyl (C=O) groups is 3. The Kier molecular flexibility index (Phi) is 30.0. The molecule has 0 aliphatic carbocycles. The van der Waals surface area contributed by atoms with Gasteiger partial charge in [-0.2, -0.15) is 10.2 Å². The predicted molar refractivity (Wildman–Crippen MR) is 373 cm³/mol. The van der Waals surface area contributed by atoms with Gasteiger partial charge in [0.25, 0.3) is 11.1 Å². The first-order valence-electron chi connectivity index (χ1n) is 31.7. The highest BCUT2D eigenvalue weighted by Gasteiger charge is 2.42. The third kappa shape index (κ3) is 24.2. The van der Waals surface area contributed by atoms with Gasteiger partial charge < -0.3 is 62.5 Å². The number of aromatic nitrogens is 8. The van der Waals surface area contributed by atoms with Crippen molar-refractivity contribution in [1.29, 1.82) is 0 Å². The van der Waals surface area contributed by atoms with E-state index in [1.165, 1.54) is 50.7 Å². The lowest BCUT2D eigenvalue weighted by molar-refractivity contribution is -0.150. The minimum absolute atomic E-state index is 0.00722. The number of imidazole rings is 1. The predicted octanol–water partition coefficient (Wildman–Crippen LogP) is 6.20. The van der Waals surface area contributed by atoms with Crippen LogP contribution in [0.4, 0.5) is 5.82 Å². The molecule has 2 saturated heterocycles. The number of nitrogens with zero attached hydrogens (tertiary/aromatic N) is 6. The lowest BCUT2D eigenvalue weighted by Gasteiger charge is -2.25. The number of benzene rings is 3. The van der Waals surface area contributed by atoms with Gasteiger partial charge in [-0.15, -0.1) is 0 Å². The number of hydrogen-bond donors (Lipinski definition) is 8. The average Bonchev–Trinajstić information content (AvgIpc) is 1.64. The van der Waals surface area contributed by atoms with E-state index in [4.69, 9.17) is 52.0 Å². The summed E-state index contributed by atoms with van der Waals surface area (Å²) in [5.41, 5.74) is 4.56. The largest absolute Gasteiger partial charge is 0.468 e. The summed E-state index contributed by atoms with van der Waals surface area (Å²) in [4.78, 5) is 102. The number of para-hydroxylation sites is 3. The van der Waals surface area contributed by atoms with E-state index in [2.05, 4.69) is 60.8 Å². The molecule has 3 aromatic carbocycles. The number of ether oxygens (including phenoxy) is 6. The molecular formula is C63H82BrN12O23P3. The first-order chi connectivity index (χ1) is 48.4.